The number of rotatable bonds is 9. The highest BCUT2D eigenvalue weighted by Crippen LogP contribution is 2.21. The molecule has 0 aliphatic rings. The lowest BCUT2D eigenvalue weighted by atomic mass is 10.4. The Bertz CT molecular complexity index is 713. The van der Waals surface area contributed by atoms with E-state index in [9.17, 15) is 16.8 Å². The van der Waals surface area contributed by atoms with E-state index in [4.69, 9.17) is 0 Å². The van der Waals surface area contributed by atoms with E-state index in [1.54, 1.807) is 20.9 Å². The summed E-state index contributed by atoms with van der Waals surface area (Å²) in [7, 11) is -4.21. The maximum atomic E-state index is 12.5. The SMILES string of the molecule is CCN(CC)S(=O)(=O)c1cccc(S(=O)(=O)N(C)CCNC)c1. The van der Waals surface area contributed by atoms with Crippen LogP contribution >= 0.6 is 0 Å². The highest BCUT2D eigenvalue weighted by atomic mass is 32.2. The zero-order chi connectivity index (χ0) is 17.7. The number of hydrogen-bond acceptors (Lipinski definition) is 5. The summed E-state index contributed by atoms with van der Waals surface area (Å²) in [5, 5.41) is 2.88. The lowest BCUT2D eigenvalue weighted by molar-refractivity contribution is 0.445. The van der Waals surface area contributed by atoms with E-state index in [1.165, 1.54) is 39.9 Å². The lowest BCUT2D eigenvalue weighted by Crippen LogP contribution is -2.33. The third-order valence-electron chi connectivity index (χ3n) is 3.53. The maximum Gasteiger partial charge on any atom is 0.243 e. The molecule has 1 aromatic carbocycles. The Morgan fingerprint density at radius 2 is 1.52 bits per heavy atom. The molecule has 0 saturated heterocycles. The van der Waals surface area contributed by atoms with Gasteiger partial charge in [0, 0.05) is 33.2 Å². The van der Waals surface area contributed by atoms with E-state index >= 15 is 0 Å². The summed E-state index contributed by atoms with van der Waals surface area (Å²) in [6.45, 7) is 4.95. The van der Waals surface area contributed by atoms with Crippen molar-refractivity contribution in [2.75, 3.05) is 40.3 Å². The third kappa shape index (κ3) is 4.51. The first-order chi connectivity index (χ1) is 10.7. The second kappa shape index (κ2) is 8.20. The predicted octanol–water partition coefficient (Wildman–Crippen LogP) is 0.557. The van der Waals surface area contributed by atoms with E-state index in [2.05, 4.69) is 5.32 Å². The Morgan fingerprint density at radius 3 is 2.00 bits per heavy atom. The summed E-state index contributed by atoms with van der Waals surface area (Å²) in [6.07, 6.45) is 0. The molecule has 1 N–H and O–H groups in total. The molecule has 7 nitrogen and oxygen atoms in total. The maximum absolute atomic E-state index is 12.5. The zero-order valence-electron chi connectivity index (χ0n) is 14.0. The molecule has 0 spiro atoms. The molecule has 1 aromatic rings. The van der Waals surface area contributed by atoms with Crippen molar-refractivity contribution in [3.8, 4) is 0 Å². The van der Waals surface area contributed by atoms with Crippen molar-refractivity contribution in [3.05, 3.63) is 24.3 Å². The average Bonchev–Trinajstić information content (AvgIpc) is 2.53. The van der Waals surface area contributed by atoms with Crippen LogP contribution in [0.2, 0.25) is 0 Å². The van der Waals surface area contributed by atoms with Gasteiger partial charge in [-0.1, -0.05) is 19.9 Å². The predicted molar refractivity (Wildman–Crippen MR) is 90.3 cm³/mol. The van der Waals surface area contributed by atoms with Crippen LogP contribution in [0.4, 0.5) is 0 Å². The minimum atomic E-state index is -3.72. The van der Waals surface area contributed by atoms with Crippen molar-refractivity contribution in [1.82, 2.24) is 13.9 Å². The first kappa shape index (κ1) is 20.0. The first-order valence-electron chi connectivity index (χ1n) is 7.43. The summed E-state index contributed by atoms with van der Waals surface area (Å²) in [4.78, 5) is -0.0337. The molecule has 23 heavy (non-hydrogen) atoms. The molecule has 0 heterocycles. The van der Waals surface area contributed by atoms with Gasteiger partial charge in [0.1, 0.15) is 0 Å². The first-order valence-corrected chi connectivity index (χ1v) is 10.3. The fraction of sp³-hybridized carbons (Fsp3) is 0.571. The molecule has 132 valence electrons. The van der Waals surface area contributed by atoms with Crippen LogP contribution in [0.25, 0.3) is 0 Å². The van der Waals surface area contributed by atoms with Gasteiger partial charge >= 0.3 is 0 Å². The molecule has 9 heteroatoms. The normalized spacial score (nSPS) is 13.0. The smallest absolute Gasteiger partial charge is 0.243 e. The molecule has 1 rings (SSSR count). The molecule has 0 amide bonds. The van der Waals surface area contributed by atoms with Crippen molar-refractivity contribution in [2.45, 2.75) is 23.6 Å². The van der Waals surface area contributed by atoms with Gasteiger partial charge in [-0.25, -0.2) is 16.8 Å². The number of sulfonamides is 2. The molecule has 0 aliphatic heterocycles. The number of likely N-dealkylation sites (N-methyl/N-ethyl adjacent to an activating group) is 2. The Hall–Kier alpha value is -1.00. The van der Waals surface area contributed by atoms with Gasteiger partial charge in [0.05, 0.1) is 9.79 Å². The van der Waals surface area contributed by atoms with Gasteiger partial charge in [-0.15, -0.1) is 0 Å². The highest BCUT2D eigenvalue weighted by Gasteiger charge is 2.25. The molecular weight excluding hydrogens is 338 g/mol. The third-order valence-corrected chi connectivity index (χ3v) is 7.43. The summed E-state index contributed by atoms with van der Waals surface area (Å²) >= 11 is 0. The van der Waals surface area contributed by atoms with Crippen LogP contribution in [-0.2, 0) is 20.0 Å². The van der Waals surface area contributed by atoms with Crippen LogP contribution in [0.5, 0.6) is 0 Å². The molecule has 0 radical (unpaired) electrons. The minimum absolute atomic E-state index is 0.00992. The lowest BCUT2D eigenvalue weighted by Gasteiger charge is -2.20. The van der Waals surface area contributed by atoms with Gasteiger partial charge in [-0.3, -0.25) is 0 Å². The van der Waals surface area contributed by atoms with Gasteiger partial charge in [0.15, 0.2) is 0 Å². The summed E-state index contributed by atoms with van der Waals surface area (Å²) < 4.78 is 52.6. The Labute approximate surface area is 139 Å². The summed E-state index contributed by atoms with van der Waals surface area (Å²) in [5.74, 6) is 0. The fourth-order valence-electron chi connectivity index (χ4n) is 2.08. The average molecular weight is 364 g/mol. The molecule has 0 aromatic heterocycles. The number of hydrogen-bond donors (Lipinski definition) is 1. The van der Waals surface area contributed by atoms with Gasteiger partial charge in [-0.2, -0.15) is 8.61 Å². The Morgan fingerprint density at radius 1 is 1.00 bits per heavy atom. The standard InChI is InChI=1S/C14H25N3O4S2/c1-5-17(6-2)23(20,21)14-9-7-8-13(12-14)22(18,19)16(4)11-10-15-3/h7-9,12,15H,5-6,10-11H2,1-4H3. The molecule has 0 aliphatic carbocycles. The van der Waals surface area contributed by atoms with Gasteiger partial charge in [0.25, 0.3) is 0 Å². The Kier molecular flexibility index (Phi) is 7.15. The number of nitrogens with one attached hydrogen (secondary N) is 1. The number of benzene rings is 1. The monoisotopic (exact) mass is 363 g/mol. The van der Waals surface area contributed by atoms with E-state index in [-0.39, 0.29) is 9.79 Å². The minimum Gasteiger partial charge on any atom is -0.318 e. The van der Waals surface area contributed by atoms with Crippen molar-refractivity contribution in [3.63, 3.8) is 0 Å². The van der Waals surface area contributed by atoms with E-state index in [1.807, 2.05) is 0 Å². The van der Waals surface area contributed by atoms with Gasteiger partial charge < -0.3 is 5.32 Å². The van der Waals surface area contributed by atoms with Crippen LogP contribution in [0, 0.1) is 0 Å². The molecule has 0 bridgehead atoms. The van der Waals surface area contributed by atoms with Crippen LogP contribution in [0.3, 0.4) is 0 Å². The van der Waals surface area contributed by atoms with E-state index < -0.39 is 20.0 Å². The second-order valence-electron chi connectivity index (χ2n) is 4.99. The number of nitrogens with zero attached hydrogens (tertiary/aromatic N) is 2. The van der Waals surface area contributed by atoms with E-state index in [0.717, 1.165) is 0 Å². The fourth-order valence-corrected chi connectivity index (χ4v) is 4.87. The largest absolute Gasteiger partial charge is 0.318 e. The zero-order valence-corrected chi connectivity index (χ0v) is 15.6. The molecule has 0 unspecified atom stereocenters. The Balaban J connectivity index is 3.24. The molecular formula is C14H25N3O4S2. The van der Waals surface area contributed by atoms with E-state index in [0.29, 0.717) is 26.2 Å². The van der Waals surface area contributed by atoms with Crippen molar-refractivity contribution < 1.29 is 16.8 Å². The topological polar surface area (TPSA) is 86.8 Å². The molecule has 0 saturated carbocycles. The summed E-state index contributed by atoms with van der Waals surface area (Å²) in [5.41, 5.74) is 0. The summed E-state index contributed by atoms with van der Waals surface area (Å²) in [6, 6.07) is 5.50. The van der Waals surface area contributed by atoms with Crippen molar-refractivity contribution in [2.24, 2.45) is 0 Å². The molecule has 0 fully saturated rings. The van der Waals surface area contributed by atoms with Gasteiger partial charge in [0.2, 0.25) is 20.0 Å². The van der Waals surface area contributed by atoms with Crippen molar-refractivity contribution >= 4 is 20.0 Å². The van der Waals surface area contributed by atoms with Crippen LogP contribution in [0.15, 0.2) is 34.1 Å². The molecule has 0 atom stereocenters. The van der Waals surface area contributed by atoms with Gasteiger partial charge in [-0.05, 0) is 25.2 Å². The van der Waals surface area contributed by atoms with Crippen LogP contribution < -0.4 is 5.32 Å². The quantitative estimate of drug-likeness (QED) is 0.693. The van der Waals surface area contributed by atoms with Crippen LogP contribution in [-0.4, -0.2) is 65.7 Å². The highest BCUT2D eigenvalue weighted by molar-refractivity contribution is 7.90. The van der Waals surface area contributed by atoms with Crippen molar-refractivity contribution in [1.29, 1.82) is 0 Å². The second-order valence-corrected chi connectivity index (χ2v) is 8.98. The van der Waals surface area contributed by atoms with Crippen LogP contribution in [0.1, 0.15) is 13.8 Å².